The molecule has 0 aliphatic carbocycles. The van der Waals surface area contributed by atoms with Crippen LogP contribution in [0.25, 0.3) is 11.1 Å². The topological polar surface area (TPSA) is 29.5 Å². The second-order valence-corrected chi connectivity index (χ2v) is 8.13. The van der Waals surface area contributed by atoms with Crippen LogP contribution >= 0.6 is 0 Å². The molecule has 2 aromatic carbocycles. The van der Waals surface area contributed by atoms with Gasteiger partial charge in [-0.05, 0) is 62.9 Å². The monoisotopic (exact) mass is 392 g/mol. The molecule has 0 bridgehead atoms. The molecule has 1 radical (unpaired) electrons. The Hall–Kier alpha value is -2.13. The maximum atomic E-state index is 11.3. The van der Waals surface area contributed by atoms with Gasteiger partial charge in [0.15, 0.2) is 0 Å². The number of benzene rings is 2. The normalized spacial score (nSPS) is 15.3. The van der Waals surface area contributed by atoms with Gasteiger partial charge >= 0.3 is 0 Å². The summed E-state index contributed by atoms with van der Waals surface area (Å²) in [5, 5.41) is 0. The van der Waals surface area contributed by atoms with Crippen molar-refractivity contribution in [1.82, 2.24) is 4.90 Å². The fourth-order valence-electron chi connectivity index (χ4n) is 4.22. The predicted molar refractivity (Wildman–Crippen MR) is 120 cm³/mol. The molecule has 3 rings (SSSR count). The zero-order valence-electron chi connectivity index (χ0n) is 17.7. The molecule has 1 fully saturated rings. The average molecular weight is 393 g/mol. The molecule has 2 aromatic rings. The van der Waals surface area contributed by atoms with E-state index < -0.39 is 0 Å². The Bertz CT molecular complexity index is 750. The van der Waals surface area contributed by atoms with Gasteiger partial charge in [-0.25, -0.2) is 0 Å². The Morgan fingerprint density at radius 3 is 2.45 bits per heavy atom. The molecule has 1 heterocycles. The number of para-hydroxylation sites is 1. The van der Waals surface area contributed by atoms with Gasteiger partial charge in [0.05, 0.1) is 6.61 Å². The van der Waals surface area contributed by atoms with Crippen molar-refractivity contribution < 1.29 is 9.53 Å². The summed E-state index contributed by atoms with van der Waals surface area (Å²) in [5.41, 5.74) is 2.43. The molecule has 0 spiro atoms. The molecule has 1 aliphatic heterocycles. The number of likely N-dealkylation sites (tertiary alicyclic amines) is 1. The van der Waals surface area contributed by atoms with E-state index >= 15 is 0 Å². The highest BCUT2D eigenvalue weighted by molar-refractivity contribution is 5.89. The van der Waals surface area contributed by atoms with Crippen molar-refractivity contribution >= 4 is 6.29 Å². The minimum absolute atomic E-state index is 0.579. The molecule has 0 unspecified atom stereocenters. The maximum absolute atomic E-state index is 11.3. The third kappa shape index (κ3) is 6.43. The first-order valence-electron chi connectivity index (χ1n) is 11.2. The van der Waals surface area contributed by atoms with Crippen LogP contribution < -0.4 is 4.74 Å². The summed E-state index contributed by atoms with van der Waals surface area (Å²) in [6.45, 7) is 6.73. The summed E-state index contributed by atoms with van der Waals surface area (Å²) in [5.74, 6) is 1.60. The van der Waals surface area contributed by atoms with Crippen molar-refractivity contribution in [1.29, 1.82) is 0 Å². The second-order valence-electron chi connectivity index (χ2n) is 8.13. The Balaban J connectivity index is 1.47. The second kappa shape index (κ2) is 11.8. The van der Waals surface area contributed by atoms with E-state index in [0.29, 0.717) is 5.56 Å². The van der Waals surface area contributed by atoms with Crippen molar-refractivity contribution in [2.24, 2.45) is 5.92 Å². The van der Waals surface area contributed by atoms with Gasteiger partial charge in [0.25, 0.3) is 0 Å². The molecule has 0 saturated carbocycles. The van der Waals surface area contributed by atoms with Crippen molar-refractivity contribution in [3.63, 3.8) is 0 Å². The molecule has 1 saturated heterocycles. The Kier molecular flexibility index (Phi) is 8.76. The number of rotatable bonds is 11. The van der Waals surface area contributed by atoms with Crippen LogP contribution in [-0.4, -0.2) is 37.4 Å². The molecule has 155 valence electrons. The zero-order valence-corrected chi connectivity index (χ0v) is 17.7. The molecule has 29 heavy (non-hydrogen) atoms. The standard InChI is InChI=1S/C26H34NO2/c1-2-3-4-9-17-27-18-14-22(15-19-27)16-20-29-26-13-8-7-12-25(26)24-11-6-5-10-23(24)21-28/h5-8,10-13,22H,2-4,9,14-20H2,1H3. The van der Waals surface area contributed by atoms with E-state index in [2.05, 4.69) is 11.8 Å². The van der Waals surface area contributed by atoms with E-state index in [9.17, 15) is 4.79 Å². The summed E-state index contributed by atoms with van der Waals surface area (Å²) in [7, 11) is 0. The molecule has 0 aromatic heterocycles. The highest BCUT2D eigenvalue weighted by Gasteiger charge is 2.19. The Morgan fingerprint density at radius 2 is 1.69 bits per heavy atom. The lowest BCUT2D eigenvalue weighted by atomic mass is 9.93. The number of nitrogens with zero attached hydrogens (tertiary/aromatic N) is 1. The van der Waals surface area contributed by atoms with E-state index in [4.69, 9.17) is 4.74 Å². The van der Waals surface area contributed by atoms with Gasteiger partial charge in [0, 0.05) is 11.1 Å². The van der Waals surface area contributed by atoms with Gasteiger partial charge in [-0.3, -0.25) is 4.79 Å². The first-order chi connectivity index (χ1) is 14.3. The van der Waals surface area contributed by atoms with Crippen LogP contribution in [0.4, 0.5) is 0 Å². The molecule has 0 amide bonds. The van der Waals surface area contributed by atoms with E-state index in [1.54, 1.807) is 6.07 Å². The smallest absolute Gasteiger partial charge is 0.234 e. The average Bonchev–Trinajstić information content (AvgIpc) is 2.78. The third-order valence-corrected chi connectivity index (χ3v) is 6.03. The quantitative estimate of drug-likeness (QED) is 0.448. The fraction of sp³-hybridized carbons (Fsp3) is 0.500. The highest BCUT2D eigenvalue weighted by atomic mass is 16.5. The van der Waals surface area contributed by atoms with Gasteiger partial charge < -0.3 is 9.64 Å². The Morgan fingerprint density at radius 1 is 0.966 bits per heavy atom. The number of hydrogen-bond acceptors (Lipinski definition) is 3. The van der Waals surface area contributed by atoms with Crippen LogP contribution in [0, 0.1) is 5.92 Å². The van der Waals surface area contributed by atoms with Gasteiger partial charge in [-0.1, -0.05) is 68.7 Å². The first kappa shape index (κ1) is 21.6. The van der Waals surface area contributed by atoms with Gasteiger partial charge in [0.2, 0.25) is 6.29 Å². The van der Waals surface area contributed by atoms with Crippen molar-refractivity contribution in [3.8, 4) is 16.9 Å². The predicted octanol–water partition coefficient (Wildman–Crippen LogP) is 5.87. The maximum Gasteiger partial charge on any atom is 0.234 e. The number of ether oxygens (including phenoxy) is 1. The van der Waals surface area contributed by atoms with E-state index in [-0.39, 0.29) is 0 Å². The minimum atomic E-state index is 0.579. The summed E-state index contributed by atoms with van der Waals surface area (Å²) in [6.07, 6.45) is 11.1. The lowest BCUT2D eigenvalue weighted by Gasteiger charge is -2.32. The van der Waals surface area contributed by atoms with E-state index in [0.717, 1.165) is 35.8 Å². The van der Waals surface area contributed by atoms with Gasteiger partial charge in [0.1, 0.15) is 5.75 Å². The molecule has 1 aliphatic rings. The number of carbonyl (C=O) groups excluding carboxylic acids is 1. The Labute approximate surface area is 176 Å². The van der Waals surface area contributed by atoms with Crippen LogP contribution in [0.3, 0.4) is 0 Å². The molecule has 3 nitrogen and oxygen atoms in total. The van der Waals surface area contributed by atoms with E-state index in [1.165, 1.54) is 58.2 Å². The van der Waals surface area contributed by atoms with Crippen LogP contribution in [-0.2, 0) is 4.79 Å². The molecule has 0 atom stereocenters. The van der Waals surface area contributed by atoms with Crippen molar-refractivity contribution in [3.05, 3.63) is 54.1 Å². The summed E-state index contributed by atoms with van der Waals surface area (Å²) in [4.78, 5) is 13.9. The fourth-order valence-corrected chi connectivity index (χ4v) is 4.22. The lowest BCUT2D eigenvalue weighted by Crippen LogP contribution is -2.34. The zero-order chi connectivity index (χ0) is 20.3. The van der Waals surface area contributed by atoms with Crippen molar-refractivity contribution in [2.75, 3.05) is 26.2 Å². The first-order valence-corrected chi connectivity index (χ1v) is 11.2. The highest BCUT2D eigenvalue weighted by Crippen LogP contribution is 2.32. The third-order valence-electron chi connectivity index (χ3n) is 6.03. The summed E-state index contributed by atoms with van der Waals surface area (Å²) >= 11 is 0. The summed E-state index contributed by atoms with van der Waals surface area (Å²) < 4.78 is 6.17. The lowest BCUT2D eigenvalue weighted by molar-refractivity contribution is 0.161. The largest absolute Gasteiger partial charge is 0.493 e. The SMILES string of the molecule is CCCCCCN1CCC(CCOc2ccccc2-c2ccccc2[C]=O)CC1. The van der Waals surface area contributed by atoms with Crippen LogP contribution in [0.1, 0.15) is 57.4 Å². The van der Waals surface area contributed by atoms with Crippen LogP contribution in [0.15, 0.2) is 48.5 Å². The molecular formula is C26H34NO2. The van der Waals surface area contributed by atoms with Gasteiger partial charge in [-0.2, -0.15) is 0 Å². The van der Waals surface area contributed by atoms with Crippen molar-refractivity contribution in [2.45, 2.75) is 51.9 Å². The van der Waals surface area contributed by atoms with Crippen LogP contribution in [0.2, 0.25) is 0 Å². The number of piperidine rings is 1. The van der Waals surface area contributed by atoms with Gasteiger partial charge in [-0.15, -0.1) is 0 Å². The van der Waals surface area contributed by atoms with Crippen LogP contribution in [0.5, 0.6) is 5.75 Å². The minimum Gasteiger partial charge on any atom is -0.493 e. The molecule has 3 heteroatoms. The van der Waals surface area contributed by atoms with E-state index in [1.807, 2.05) is 48.8 Å². The number of unbranched alkanes of at least 4 members (excludes halogenated alkanes) is 3. The summed E-state index contributed by atoms with van der Waals surface area (Å²) in [6, 6.07) is 15.6. The molecule has 0 N–H and O–H groups in total. The molecular weight excluding hydrogens is 358 g/mol. The number of hydrogen-bond donors (Lipinski definition) is 0.